The predicted molar refractivity (Wildman–Crippen MR) is 75.0 cm³/mol. The van der Waals surface area contributed by atoms with Gasteiger partial charge in [0.15, 0.2) is 0 Å². The van der Waals surface area contributed by atoms with E-state index in [1.165, 1.54) is 0 Å². The van der Waals surface area contributed by atoms with Crippen LogP contribution in [0.4, 0.5) is 11.5 Å². The van der Waals surface area contributed by atoms with Gasteiger partial charge in [0.1, 0.15) is 5.82 Å². The van der Waals surface area contributed by atoms with Crippen LogP contribution in [0, 0.1) is 6.92 Å². The number of halogens is 1. The van der Waals surface area contributed by atoms with Crippen molar-refractivity contribution in [2.45, 2.75) is 6.92 Å². The van der Waals surface area contributed by atoms with Crippen LogP contribution < -0.4 is 11.1 Å². The van der Waals surface area contributed by atoms with Crippen molar-refractivity contribution in [2.75, 3.05) is 11.1 Å². The number of rotatable bonds is 2. The predicted octanol–water partition coefficient (Wildman–Crippen LogP) is 2.65. The van der Waals surface area contributed by atoms with Gasteiger partial charge in [0.05, 0.1) is 5.56 Å². The lowest BCUT2D eigenvalue weighted by atomic mass is 10.2. The summed E-state index contributed by atoms with van der Waals surface area (Å²) in [6, 6.07) is 10.9. The smallest absolute Gasteiger partial charge is 0.259 e. The maximum Gasteiger partial charge on any atom is 0.259 e. The molecule has 0 aliphatic heterocycles. The second-order valence-corrected chi connectivity index (χ2v) is 3.76. The maximum atomic E-state index is 11.9. The molecule has 0 unspecified atom stereocenters. The highest BCUT2D eigenvalue weighted by Gasteiger charge is 2.09. The molecule has 3 N–H and O–H groups in total. The molecular weight excluding hydrogens is 250 g/mol. The summed E-state index contributed by atoms with van der Waals surface area (Å²) in [7, 11) is 0. The van der Waals surface area contributed by atoms with Gasteiger partial charge in [0, 0.05) is 11.9 Å². The Morgan fingerprint density at radius 1 is 1.22 bits per heavy atom. The zero-order chi connectivity index (χ0) is 12.3. The molecule has 0 bridgehead atoms. The van der Waals surface area contributed by atoms with E-state index in [0.717, 1.165) is 11.3 Å². The van der Waals surface area contributed by atoms with Crippen LogP contribution in [0.15, 0.2) is 42.6 Å². The van der Waals surface area contributed by atoms with Crippen LogP contribution in [0.2, 0.25) is 0 Å². The molecule has 0 radical (unpaired) electrons. The molecule has 0 atom stereocenters. The molecule has 0 fully saturated rings. The average molecular weight is 264 g/mol. The average Bonchev–Trinajstić information content (AvgIpc) is 2.32. The van der Waals surface area contributed by atoms with E-state index in [4.69, 9.17) is 5.73 Å². The van der Waals surface area contributed by atoms with Gasteiger partial charge in [-0.2, -0.15) is 0 Å². The summed E-state index contributed by atoms with van der Waals surface area (Å²) < 4.78 is 0. The maximum absolute atomic E-state index is 11.9. The summed E-state index contributed by atoms with van der Waals surface area (Å²) in [6.07, 6.45) is 1.55. The van der Waals surface area contributed by atoms with Gasteiger partial charge in [-0.15, -0.1) is 12.4 Å². The summed E-state index contributed by atoms with van der Waals surface area (Å²) in [4.78, 5) is 15.8. The number of amides is 1. The van der Waals surface area contributed by atoms with E-state index < -0.39 is 0 Å². The number of anilines is 2. The lowest BCUT2D eigenvalue weighted by molar-refractivity contribution is 0.102. The van der Waals surface area contributed by atoms with E-state index >= 15 is 0 Å². The number of hydrogen-bond acceptors (Lipinski definition) is 3. The second-order valence-electron chi connectivity index (χ2n) is 3.76. The molecule has 0 aliphatic carbocycles. The van der Waals surface area contributed by atoms with Crippen LogP contribution >= 0.6 is 12.4 Å². The molecular formula is C13H14ClN3O. The third-order valence-electron chi connectivity index (χ3n) is 2.39. The fourth-order valence-electron chi connectivity index (χ4n) is 1.44. The summed E-state index contributed by atoms with van der Waals surface area (Å²) in [5.41, 5.74) is 7.89. The van der Waals surface area contributed by atoms with Crippen LogP contribution in [0.3, 0.4) is 0 Å². The van der Waals surface area contributed by atoms with Crippen molar-refractivity contribution in [2.24, 2.45) is 0 Å². The van der Waals surface area contributed by atoms with E-state index in [1.807, 2.05) is 31.2 Å². The molecule has 18 heavy (non-hydrogen) atoms. The van der Waals surface area contributed by atoms with Crippen molar-refractivity contribution < 1.29 is 4.79 Å². The Labute approximate surface area is 112 Å². The monoisotopic (exact) mass is 263 g/mol. The molecule has 0 spiro atoms. The summed E-state index contributed by atoms with van der Waals surface area (Å²) in [5.74, 6) is -0.0171. The molecule has 5 heteroatoms. The summed E-state index contributed by atoms with van der Waals surface area (Å²) >= 11 is 0. The number of nitrogens with one attached hydrogen (secondary N) is 1. The Balaban J connectivity index is 0.00000162. The number of carbonyl (C=O) groups is 1. The topological polar surface area (TPSA) is 68.0 Å². The first-order chi connectivity index (χ1) is 8.16. The number of nitrogens with zero attached hydrogens (tertiary/aromatic N) is 1. The Hall–Kier alpha value is -2.07. The summed E-state index contributed by atoms with van der Waals surface area (Å²) in [5, 5.41) is 2.77. The second kappa shape index (κ2) is 6.02. The normalized spacial score (nSPS) is 9.39. The summed E-state index contributed by atoms with van der Waals surface area (Å²) in [6.45, 7) is 1.99. The Bertz CT molecular complexity index is 540. The van der Waals surface area contributed by atoms with Crippen molar-refractivity contribution in [3.8, 4) is 0 Å². The number of pyridine rings is 1. The Morgan fingerprint density at radius 2 is 1.89 bits per heavy atom. The lowest BCUT2D eigenvalue weighted by Crippen LogP contribution is -2.14. The van der Waals surface area contributed by atoms with Gasteiger partial charge in [-0.05, 0) is 31.2 Å². The number of carbonyl (C=O) groups excluding carboxylic acids is 1. The molecule has 4 nitrogen and oxygen atoms in total. The van der Waals surface area contributed by atoms with Crippen LogP contribution in [0.25, 0.3) is 0 Å². The van der Waals surface area contributed by atoms with Crippen molar-refractivity contribution in [3.05, 3.63) is 53.7 Å². The van der Waals surface area contributed by atoms with Crippen LogP contribution in [0.5, 0.6) is 0 Å². The fourth-order valence-corrected chi connectivity index (χ4v) is 1.44. The number of aromatic nitrogens is 1. The molecule has 2 aromatic rings. The van der Waals surface area contributed by atoms with Gasteiger partial charge in [-0.1, -0.05) is 17.7 Å². The van der Waals surface area contributed by atoms with Crippen molar-refractivity contribution in [1.82, 2.24) is 4.98 Å². The molecule has 94 valence electrons. The third-order valence-corrected chi connectivity index (χ3v) is 2.39. The molecule has 2 rings (SSSR count). The van der Waals surface area contributed by atoms with E-state index in [0.29, 0.717) is 5.56 Å². The SMILES string of the molecule is Cc1ccc(NC(=O)c2cccnc2N)cc1.Cl. The molecule has 0 saturated carbocycles. The lowest BCUT2D eigenvalue weighted by Gasteiger charge is -2.06. The highest BCUT2D eigenvalue weighted by atomic mass is 35.5. The number of benzene rings is 1. The number of hydrogen-bond donors (Lipinski definition) is 2. The van der Waals surface area contributed by atoms with Crippen LogP contribution in [0.1, 0.15) is 15.9 Å². The van der Waals surface area contributed by atoms with Gasteiger partial charge in [0.2, 0.25) is 0 Å². The van der Waals surface area contributed by atoms with E-state index in [1.54, 1.807) is 18.3 Å². The molecule has 0 aliphatic rings. The van der Waals surface area contributed by atoms with Crippen molar-refractivity contribution in [3.63, 3.8) is 0 Å². The van der Waals surface area contributed by atoms with E-state index in [-0.39, 0.29) is 24.1 Å². The number of nitrogens with two attached hydrogens (primary N) is 1. The van der Waals surface area contributed by atoms with Gasteiger partial charge in [-0.25, -0.2) is 4.98 Å². The van der Waals surface area contributed by atoms with Crippen molar-refractivity contribution in [1.29, 1.82) is 0 Å². The molecule has 1 aromatic carbocycles. The largest absolute Gasteiger partial charge is 0.383 e. The number of nitrogen functional groups attached to an aromatic ring is 1. The highest BCUT2D eigenvalue weighted by Crippen LogP contribution is 2.13. The zero-order valence-corrected chi connectivity index (χ0v) is 10.7. The van der Waals surface area contributed by atoms with Crippen LogP contribution in [-0.4, -0.2) is 10.9 Å². The first-order valence-corrected chi connectivity index (χ1v) is 5.25. The number of aryl methyl sites for hydroxylation is 1. The Kier molecular flexibility index (Phi) is 4.68. The standard InChI is InChI=1S/C13H13N3O.ClH/c1-9-4-6-10(7-5-9)16-13(17)11-3-2-8-15-12(11)14;/h2-8H,1H3,(H2,14,15)(H,16,17);1H. The van der Waals surface area contributed by atoms with E-state index in [9.17, 15) is 4.79 Å². The molecule has 1 aromatic heterocycles. The quantitative estimate of drug-likeness (QED) is 0.875. The minimum absolute atomic E-state index is 0. The van der Waals surface area contributed by atoms with E-state index in [2.05, 4.69) is 10.3 Å². The fraction of sp³-hybridized carbons (Fsp3) is 0.0769. The van der Waals surface area contributed by atoms with Gasteiger partial charge < -0.3 is 11.1 Å². The first-order valence-electron chi connectivity index (χ1n) is 5.25. The molecule has 1 heterocycles. The zero-order valence-electron chi connectivity index (χ0n) is 9.88. The van der Waals surface area contributed by atoms with Crippen LogP contribution in [-0.2, 0) is 0 Å². The van der Waals surface area contributed by atoms with Crippen molar-refractivity contribution >= 4 is 29.8 Å². The van der Waals surface area contributed by atoms with Gasteiger partial charge in [-0.3, -0.25) is 4.79 Å². The molecule has 0 saturated heterocycles. The highest BCUT2D eigenvalue weighted by molar-refractivity contribution is 6.07. The van der Waals surface area contributed by atoms with Gasteiger partial charge >= 0.3 is 0 Å². The third kappa shape index (κ3) is 3.21. The Morgan fingerprint density at radius 3 is 2.50 bits per heavy atom. The first kappa shape index (κ1) is 14.0. The molecule has 1 amide bonds. The minimum Gasteiger partial charge on any atom is -0.383 e. The van der Waals surface area contributed by atoms with Gasteiger partial charge in [0.25, 0.3) is 5.91 Å². The minimum atomic E-state index is -0.251.